The summed E-state index contributed by atoms with van der Waals surface area (Å²) in [5.41, 5.74) is 1.08. The van der Waals surface area contributed by atoms with Gasteiger partial charge in [0, 0.05) is 17.3 Å². The third-order valence-electron chi connectivity index (χ3n) is 4.44. The Bertz CT molecular complexity index is 1290. The Morgan fingerprint density at radius 1 is 1.12 bits per heavy atom. The van der Waals surface area contributed by atoms with E-state index in [1.165, 1.54) is 37.5 Å². The van der Waals surface area contributed by atoms with E-state index in [1.807, 2.05) is 0 Å². The standard InChI is InChI=1S/C24H20N2O5S/c1-3-23(26-22-6-4-5-15-25-22)32(29,30)19-12-9-17(10-13-19)7-8-18-11-14-21(27)20(16-18)24(28)31-2/h3-6,9-16,23,27H,1H2,2H3,(H,25,26). The number of anilines is 1. The number of hydrogen-bond donors (Lipinski definition) is 2. The van der Waals surface area contributed by atoms with Crippen LogP contribution in [-0.2, 0) is 14.6 Å². The molecule has 162 valence electrons. The lowest BCUT2D eigenvalue weighted by atomic mass is 10.1. The number of carbonyl (C=O) groups excluding carboxylic acids is 1. The van der Waals surface area contributed by atoms with E-state index in [0.29, 0.717) is 16.9 Å². The third-order valence-corrected chi connectivity index (χ3v) is 6.35. The minimum Gasteiger partial charge on any atom is -0.507 e. The van der Waals surface area contributed by atoms with Gasteiger partial charge in [-0.25, -0.2) is 18.2 Å². The zero-order valence-electron chi connectivity index (χ0n) is 17.1. The van der Waals surface area contributed by atoms with Crippen molar-refractivity contribution in [3.8, 4) is 17.6 Å². The highest BCUT2D eigenvalue weighted by Gasteiger charge is 2.25. The van der Waals surface area contributed by atoms with Crippen molar-refractivity contribution in [2.45, 2.75) is 10.3 Å². The second-order valence-corrected chi connectivity index (χ2v) is 8.63. The van der Waals surface area contributed by atoms with Crippen molar-refractivity contribution in [2.24, 2.45) is 0 Å². The Kier molecular flexibility index (Phi) is 6.93. The Hall–Kier alpha value is -4.09. The van der Waals surface area contributed by atoms with E-state index in [2.05, 4.69) is 33.5 Å². The molecule has 0 saturated carbocycles. The fourth-order valence-corrected chi connectivity index (χ4v) is 4.10. The molecule has 0 aliphatic heterocycles. The molecule has 1 unspecified atom stereocenters. The van der Waals surface area contributed by atoms with Gasteiger partial charge >= 0.3 is 5.97 Å². The van der Waals surface area contributed by atoms with Crippen LogP contribution in [0.25, 0.3) is 0 Å². The van der Waals surface area contributed by atoms with E-state index in [4.69, 9.17) is 0 Å². The number of pyridine rings is 1. The van der Waals surface area contributed by atoms with Crippen LogP contribution in [0.5, 0.6) is 5.75 Å². The summed E-state index contributed by atoms with van der Waals surface area (Å²) < 4.78 is 30.5. The minimum absolute atomic E-state index is 0.0108. The lowest BCUT2D eigenvalue weighted by molar-refractivity contribution is 0.0597. The molecule has 2 aromatic carbocycles. The molecule has 0 amide bonds. The van der Waals surface area contributed by atoms with E-state index < -0.39 is 21.2 Å². The zero-order chi connectivity index (χ0) is 23.1. The maximum absolute atomic E-state index is 13.0. The van der Waals surface area contributed by atoms with Gasteiger partial charge < -0.3 is 15.2 Å². The molecule has 0 aliphatic rings. The number of aromatic hydroxyl groups is 1. The van der Waals surface area contributed by atoms with Crippen LogP contribution >= 0.6 is 0 Å². The minimum atomic E-state index is -3.75. The second kappa shape index (κ2) is 9.81. The average Bonchev–Trinajstić information content (AvgIpc) is 2.82. The number of methoxy groups -OCH3 is 1. The van der Waals surface area contributed by atoms with Gasteiger partial charge in [0.25, 0.3) is 0 Å². The first-order valence-electron chi connectivity index (χ1n) is 9.42. The normalized spacial score (nSPS) is 11.5. The molecule has 0 spiro atoms. The Morgan fingerprint density at radius 2 is 1.81 bits per heavy atom. The van der Waals surface area contributed by atoms with E-state index in [9.17, 15) is 18.3 Å². The van der Waals surface area contributed by atoms with Gasteiger partial charge in [-0.05, 0) is 54.6 Å². The number of esters is 1. The SMILES string of the molecule is C=CC(Nc1ccccn1)S(=O)(=O)c1ccc(C#Cc2ccc(O)c(C(=O)OC)c2)cc1. The lowest BCUT2D eigenvalue weighted by Crippen LogP contribution is -2.28. The van der Waals surface area contributed by atoms with Crippen LogP contribution in [-0.4, -0.2) is 37.0 Å². The molecular weight excluding hydrogens is 428 g/mol. The van der Waals surface area contributed by atoms with Crippen molar-refractivity contribution >= 4 is 21.6 Å². The van der Waals surface area contributed by atoms with Gasteiger partial charge in [-0.3, -0.25) is 0 Å². The van der Waals surface area contributed by atoms with Crippen molar-refractivity contribution < 1.29 is 23.1 Å². The van der Waals surface area contributed by atoms with E-state index in [-0.39, 0.29) is 16.2 Å². The van der Waals surface area contributed by atoms with Crippen LogP contribution in [0.2, 0.25) is 0 Å². The molecule has 8 heteroatoms. The summed E-state index contributed by atoms with van der Waals surface area (Å²) in [5, 5.41) is 11.6. The van der Waals surface area contributed by atoms with Gasteiger partial charge in [-0.15, -0.1) is 0 Å². The van der Waals surface area contributed by atoms with Crippen molar-refractivity contribution in [2.75, 3.05) is 12.4 Å². The highest BCUT2D eigenvalue weighted by atomic mass is 32.2. The fourth-order valence-electron chi connectivity index (χ4n) is 2.76. The molecule has 0 bridgehead atoms. The number of nitrogens with zero attached hydrogens (tertiary/aromatic N) is 1. The van der Waals surface area contributed by atoms with Crippen molar-refractivity contribution in [1.29, 1.82) is 0 Å². The van der Waals surface area contributed by atoms with Crippen molar-refractivity contribution in [3.63, 3.8) is 0 Å². The summed E-state index contributed by atoms with van der Waals surface area (Å²) in [4.78, 5) is 15.9. The summed E-state index contributed by atoms with van der Waals surface area (Å²) in [6, 6.07) is 15.6. The Labute approximate surface area is 186 Å². The van der Waals surface area contributed by atoms with Crippen LogP contribution in [0.1, 0.15) is 21.5 Å². The monoisotopic (exact) mass is 448 g/mol. The number of aromatic nitrogens is 1. The highest BCUT2D eigenvalue weighted by molar-refractivity contribution is 7.92. The largest absolute Gasteiger partial charge is 0.507 e. The quantitative estimate of drug-likeness (QED) is 0.338. The highest BCUT2D eigenvalue weighted by Crippen LogP contribution is 2.20. The van der Waals surface area contributed by atoms with Crippen molar-refractivity contribution in [3.05, 3.63) is 96.2 Å². The zero-order valence-corrected chi connectivity index (χ0v) is 18.0. The summed E-state index contributed by atoms with van der Waals surface area (Å²) in [6.45, 7) is 3.62. The number of carbonyl (C=O) groups is 1. The molecule has 1 aromatic heterocycles. The van der Waals surface area contributed by atoms with Crippen LogP contribution < -0.4 is 5.32 Å². The van der Waals surface area contributed by atoms with Gasteiger partial charge in [-0.2, -0.15) is 0 Å². The third kappa shape index (κ3) is 5.14. The lowest BCUT2D eigenvalue weighted by Gasteiger charge is -2.16. The van der Waals surface area contributed by atoms with E-state index in [1.54, 1.807) is 42.6 Å². The molecule has 2 N–H and O–H groups in total. The first-order chi connectivity index (χ1) is 15.3. The molecule has 0 saturated heterocycles. The molecule has 3 rings (SSSR count). The predicted octanol–water partition coefficient (Wildman–Crippen LogP) is 3.37. The van der Waals surface area contributed by atoms with Gasteiger partial charge in [0.15, 0.2) is 5.37 Å². The van der Waals surface area contributed by atoms with Crippen molar-refractivity contribution in [1.82, 2.24) is 4.98 Å². The first-order valence-corrected chi connectivity index (χ1v) is 11.0. The van der Waals surface area contributed by atoms with Crippen LogP contribution in [0.15, 0.2) is 84.4 Å². The Balaban J connectivity index is 1.81. The molecular formula is C24H20N2O5S. The summed E-state index contributed by atoms with van der Waals surface area (Å²) in [7, 11) is -2.53. The number of sulfone groups is 1. The molecule has 32 heavy (non-hydrogen) atoms. The van der Waals surface area contributed by atoms with Crippen LogP contribution in [0.3, 0.4) is 0 Å². The maximum Gasteiger partial charge on any atom is 0.341 e. The smallest absolute Gasteiger partial charge is 0.341 e. The predicted molar refractivity (Wildman–Crippen MR) is 121 cm³/mol. The summed E-state index contributed by atoms with van der Waals surface area (Å²) >= 11 is 0. The van der Waals surface area contributed by atoms with E-state index >= 15 is 0 Å². The molecule has 7 nitrogen and oxygen atoms in total. The summed E-state index contributed by atoms with van der Waals surface area (Å²) in [6.07, 6.45) is 2.87. The second-order valence-electron chi connectivity index (χ2n) is 6.56. The first kappa shape index (κ1) is 22.6. The van der Waals surface area contributed by atoms with E-state index in [0.717, 1.165) is 0 Å². The number of phenols is 1. The van der Waals surface area contributed by atoms with Gasteiger partial charge in [0.1, 0.15) is 17.1 Å². The number of benzene rings is 2. The number of ether oxygens (including phenoxy) is 1. The Morgan fingerprint density at radius 3 is 2.44 bits per heavy atom. The number of nitrogens with one attached hydrogen (secondary N) is 1. The van der Waals surface area contributed by atoms with Gasteiger partial charge in [0.05, 0.1) is 12.0 Å². The number of phenolic OH excluding ortho intramolecular Hbond substituents is 1. The number of hydrogen-bond acceptors (Lipinski definition) is 7. The molecule has 1 atom stereocenters. The molecule has 3 aromatic rings. The fraction of sp³-hybridized carbons (Fsp3) is 0.0833. The topological polar surface area (TPSA) is 106 Å². The van der Waals surface area contributed by atoms with Gasteiger partial charge in [0.2, 0.25) is 9.84 Å². The van der Waals surface area contributed by atoms with Crippen LogP contribution in [0, 0.1) is 11.8 Å². The van der Waals surface area contributed by atoms with Crippen LogP contribution in [0.4, 0.5) is 5.82 Å². The molecule has 0 fully saturated rings. The number of rotatable bonds is 6. The maximum atomic E-state index is 13.0. The molecule has 1 heterocycles. The summed E-state index contributed by atoms with van der Waals surface area (Å²) in [5.74, 6) is 5.33. The molecule has 0 aliphatic carbocycles. The van der Waals surface area contributed by atoms with Gasteiger partial charge in [-0.1, -0.05) is 30.6 Å². The molecule has 0 radical (unpaired) electrons. The average molecular weight is 449 g/mol.